The molecule has 0 saturated heterocycles. The number of imide groups is 1. The van der Waals surface area contributed by atoms with E-state index in [4.69, 9.17) is 0 Å². The van der Waals surface area contributed by atoms with Crippen molar-refractivity contribution in [2.75, 3.05) is 6.54 Å². The van der Waals surface area contributed by atoms with Gasteiger partial charge in [0.2, 0.25) is 0 Å². The van der Waals surface area contributed by atoms with E-state index in [1.807, 2.05) is 13.8 Å². The molecule has 2 aliphatic rings. The van der Waals surface area contributed by atoms with E-state index in [9.17, 15) is 19.5 Å². The fourth-order valence-electron chi connectivity index (χ4n) is 3.27. The van der Waals surface area contributed by atoms with E-state index in [1.165, 1.54) is 0 Å². The molecule has 0 saturated carbocycles. The Balaban J connectivity index is 1.76. The number of benzene rings is 1. The molecule has 2 amide bonds. The van der Waals surface area contributed by atoms with Crippen LogP contribution in [0.3, 0.4) is 0 Å². The fraction of sp³-hybridized carbons (Fsp3) is 0.389. The van der Waals surface area contributed by atoms with Crippen LogP contribution in [0.2, 0.25) is 0 Å². The minimum absolute atomic E-state index is 0.0860. The summed E-state index contributed by atoms with van der Waals surface area (Å²) in [6.07, 6.45) is 1.01. The number of amides is 2. The van der Waals surface area contributed by atoms with Gasteiger partial charge in [-0.15, -0.1) is 0 Å². The van der Waals surface area contributed by atoms with Gasteiger partial charge in [-0.25, -0.2) is 0 Å². The topological polar surface area (TPSA) is 74.7 Å². The Hall–Kier alpha value is -2.43. The molecule has 3 rings (SSSR count). The Morgan fingerprint density at radius 3 is 2.13 bits per heavy atom. The van der Waals surface area contributed by atoms with E-state index < -0.39 is 0 Å². The molecule has 0 fully saturated rings. The van der Waals surface area contributed by atoms with Gasteiger partial charge in [-0.3, -0.25) is 19.3 Å². The summed E-state index contributed by atoms with van der Waals surface area (Å²) in [5.74, 6) is -0.693. The van der Waals surface area contributed by atoms with Crippen molar-refractivity contribution in [2.24, 2.45) is 5.41 Å². The summed E-state index contributed by atoms with van der Waals surface area (Å²) in [4.78, 5) is 37.9. The Bertz CT molecular complexity index is 710. The van der Waals surface area contributed by atoms with E-state index in [2.05, 4.69) is 0 Å². The highest BCUT2D eigenvalue weighted by molar-refractivity contribution is 6.21. The highest BCUT2D eigenvalue weighted by atomic mass is 16.3. The second-order valence-electron chi connectivity index (χ2n) is 6.92. The number of ketones is 1. The van der Waals surface area contributed by atoms with Gasteiger partial charge in [0.1, 0.15) is 0 Å². The highest BCUT2D eigenvalue weighted by Gasteiger charge is 2.37. The van der Waals surface area contributed by atoms with Crippen LogP contribution in [0.15, 0.2) is 35.6 Å². The molecule has 0 unspecified atom stereocenters. The molecule has 120 valence electrons. The van der Waals surface area contributed by atoms with Crippen molar-refractivity contribution in [3.8, 4) is 0 Å². The molecule has 1 aromatic rings. The zero-order valence-corrected chi connectivity index (χ0v) is 13.3. The Labute approximate surface area is 134 Å². The number of carbonyl (C=O) groups is 3. The number of aliphatic hydroxyl groups is 1. The van der Waals surface area contributed by atoms with Crippen molar-refractivity contribution in [1.82, 2.24) is 4.90 Å². The summed E-state index contributed by atoms with van der Waals surface area (Å²) in [6.45, 7) is 3.97. The monoisotopic (exact) mass is 313 g/mol. The first-order chi connectivity index (χ1) is 10.8. The Morgan fingerprint density at radius 1 is 1.04 bits per heavy atom. The van der Waals surface area contributed by atoms with Crippen LogP contribution in [-0.4, -0.2) is 34.1 Å². The second-order valence-corrected chi connectivity index (χ2v) is 6.92. The van der Waals surface area contributed by atoms with E-state index in [-0.39, 0.29) is 41.7 Å². The van der Waals surface area contributed by atoms with Crippen LogP contribution in [-0.2, 0) is 4.79 Å². The number of hydrogen-bond acceptors (Lipinski definition) is 4. The van der Waals surface area contributed by atoms with Crippen molar-refractivity contribution in [1.29, 1.82) is 0 Å². The molecule has 0 bridgehead atoms. The van der Waals surface area contributed by atoms with Gasteiger partial charge in [0, 0.05) is 25.0 Å². The normalized spacial score (nSPS) is 20.3. The van der Waals surface area contributed by atoms with Gasteiger partial charge in [-0.2, -0.15) is 0 Å². The molecule has 5 nitrogen and oxygen atoms in total. The molecule has 0 atom stereocenters. The maximum atomic E-state index is 12.3. The summed E-state index contributed by atoms with van der Waals surface area (Å²) in [5.41, 5.74) is 0.889. The summed E-state index contributed by atoms with van der Waals surface area (Å²) in [6, 6.07) is 6.68. The first-order valence-electron chi connectivity index (χ1n) is 7.69. The van der Waals surface area contributed by atoms with Gasteiger partial charge in [-0.1, -0.05) is 26.0 Å². The molecule has 23 heavy (non-hydrogen) atoms. The fourth-order valence-corrected chi connectivity index (χ4v) is 3.27. The highest BCUT2D eigenvalue weighted by Crippen LogP contribution is 2.37. The largest absolute Gasteiger partial charge is 0.512 e. The lowest BCUT2D eigenvalue weighted by Crippen LogP contribution is -2.33. The third kappa shape index (κ3) is 2.67. The lowest BCUT2D eigenvalue weighted by atomic mass is 9.76. The Morgan fingerprint density at radius 2 is 1.61 bits per heavy atom. The minimum Gasteiger partial charge on any atom is -0.512 e. The quantitative estimate of drug-likeness (QED) is 0.871. The van der Waals surface area contributed by atoms with Crippen molar-refractivity contribution in [3.05, 3.63) is 46.7 Å². The summed E-state index contributed by atoms with van der Waals surface area (Å²) >= 11 is 0. The van der Waals surface area contributed by atoms with E-state index >= 15 is 0 Å². The van der Waals surface area contributed by atoms with Crippen molar-refractivity contribution in [2.45, 2.75) is 33.1 Å². The first kappa shape index (κ1) is 15.5. The van der Waals surface area contributed by atoms with Crippen LogP contribution >= 0.6 is 0 Å². The van der Waals surface area contributed by atoms with Crippen LogP contribution in [0.1, 0.15) is 53.8 Å². The number of nitrogens with zero attached hydrogens (tertiary/aromatic N) is 1. The lowest BCUT2D eigenvalue weighted by Gasteiger charge is -2.30. The summed E-state index contributed by atoms with van der Waals surface area (Å²) < 4.78 is 0. The third-order valence-corrected chi connectivity index (χ3v) is 4.43. The van der Waals surface area contributed by atoms with Crippen molar-refractivity contribution >= 4 is 17.6 Å². The second kappa shape index (κ2) is 5.33. The van der Waals surface area contributed by atoms with Crippen molar-refractivity contribution in [3.63, 3.8) is 0 Å². The third-order valence-electron chi connectivity index (χ3n) is 4.43. The van der Waals surface area contributed by atoms with Gasteiger partial charge in [0.15, 0.2) is 5.78 Å². The van der Waals surface area contributed by atoms with Crippen LogP contribution in [0.4, 0.5) is 0 Å². The molecule has 0 radical (unpaired) electrons. The number of rotatable bonds is 3. The standard InChI is InChI=1S/C18H19NO4/c1-18(2)9-14(20)13(15(21)10-18)7-8-19-16(22)11-5-3-4-6-12(11)17(19)23/h3-6,20H,7-10H2,1-2H3. The van der Waals surface area contributed by atoms with Gasteiger partial charge < -0.3 is 5.11 Å². The predicted molar refractivity (Wildman–Crippen MR) is 84.1 cm³/mol. The number of Topliss-reactive ketones (excluding diaryl/α,β-unsaturated/α-hetero) is 1. The van der Waals surface area contributed by atoms with Crippen LogP contribution in [0.5, 0.6) is 0 Å². The maximum Gasteiger partial charge on any atom is 0.261 e. The summed E-state index contributed by atoms with van der Waals surface area (Å²) in [5, 5.41) is 10.1. The van der Waals surface area contributed by atoms with Gasteiger partial charge in [-0.05, 0) is 24.0 Å². The average Bonchev–Trinajstić information content (AvgIpc) is 2.70. The number of aliphatic hydroxyl groups excluding tert-OH is 1. The molecule has 1 aromatic carbocycles. The van der Waals surface area contributed by atoms with Crippen LogP contribution < -0.4 is 0 Å². The van der Waals surface area contributed by atoms with E-state index in [0.29, 0.717) is 29.5 Å². The number of hydrogen-bond donors (Lipinski definition) is 1. The number of carbonyl (C=O) groups excluding carboxylic acids is 3. The van der Waals surface area contributed by atoms with Gasteiger partial charge >= 0.3 is 0 Å². The van der Waals surface area contributed by atoms with Crippen LogP contribution in [0.25, 0.3) is 0 Å². The zero-order valence-electron chi connectivity index (χ0n) is 13.3. The minimum atomic E-state index is -0.339. The molecule has 5 heteroatoms. The first-order valence-corrected chi connectivity index (χ1v) is 7.69. The van der Waals surface area contributed by atoms with Gasteiger partial charge in [0.05, 0.1) is 16.9 Å². The van der Waals surface area contributed by atoms with E-state index in [1.54, 1.807) is 24.3 Å². The average molecular weight is 313 g/mol. The molecule has 0 spiro atoms. The maximum absolute atomic E-state index is 12.3. The molecular formula is C18H19NO4. The van der Waals surface area contributed by atoms with E-state index in [0.717, 1.165) is 4.90 Å². The Kier molecular flexibility index (Phi) is 3.59. The smallest absolute Gasteiger partial charge is 0.261 e. The molecule has 1 N–H and O–H groups in total. The molecule has 1 aliphatic heterocycles. The molecule has 0 aromatic heterocycles. The van der Waals surface area contributed by atoms with Crippen LogP contribution in [0, 0.1) is 5.41 Å². The summed E-state index contributed by atoms with van der Waals surface area (Å²) in [7, 11) is 0. The molecule has 1 heterocycles. The molecular weight excluding hydrogens is 294 g/mol. The van der Waals surface area contributed by atoms with Crippen molar-refractivity contribution < 1.29 is 19.5 Å². The number of fused-ring (bicyclic) bond motifs is 1. The predicted octanol–water partition coefficient (Wildman–Crippen LogP) is 2.87. The molecule has 1 aliphatic carbocycles. The lowest BCUT2D eigenvalue weighted by molar-refractivity contribution is -0.118. The zero-order chi connectivity index (χ0) is 16.8. The SMILES string of the molecule is CC1(C)CC(=O)C(CCN2C(=O)c3ccccc3C2=O)=C(O)C1. The number of allylic oxidation sites excluding steroid dienone is 1. The van der Waals surface area contributed by atoms with Gasteiger partial charge in [0.25, 0.3) is 11.8 Å².